The lowest BCUT2D eigenvalue weighted by molar-refractivity contribution is -0.153. The molecule has 1 saturated heterocycles. The third-order valence-corrected chi connectivity index (χ3v) is 5.05. The summed E-state index contributed by atoms with van der Waals surface area (Å²) in [5, 5.41) is 3.00. The average Bonchev–Trinajstić information content (AvgIpc) is 2.83. The summed E-state index contributed by atoms with van der Waals surface area (Å²) >= 11 is 0. The van der Waals surface area contributed by atoms with E-state index in [1.54, 1.807) is 0 Å². The summed E-state index contributed by atoms with van der Waals surface area (Å²) < 4.78 is 5.60. The van der Waals surface area contributed by atoms with Crippen molar-refractivity contribution in [3.8, 4) is 0 Å². The molecule has 3 rings (SSSR count). The molecule has 4 nitrogen and oxygen atoms in total. The van der Waals surface area contributed by atoms with Crippen LogP contribution >= 0.6 is 0 Å². The molecule has 4 heteroatoms. The lowest BCUT2D eigenvalue weighted by Crippen LogP contribution is -2.45. The Morgan fingerprint density at radius 2 is 2.00 bits per heavy atom. The maximum atomic E-state index is 12.6. The molecule has 1 aromatic carbocycles. The van der Waals surface area contributed by atoms with Crippen molar-refractivity contribution in [2.45, 2.75) is 57.6 Å². The Kier molecular flexibility index (Phi) is 4.19. The van der Waals surface area contributed by atoms with Gasteiger partial charge in [0.2, 0.25) is 5.91 Å². The number of rotatable bonds is 3. The summed E-state index contributed by atoms with van der Waals surface area (Å²) in [7, 11) is 0. The second kappa shape index (κ2) is 6.11. The number of ether oxygens (including phenoxy) is 1. The normalized spacial score (nSPS) is 23.3. The summed E-state index contributed by atoms with van der Waals surface area (Å²) in [5.74, 6) is -0.599. The van der Waals surface area contributed by atoms with E-state index in [1.165, 1.54) is 0 Å². The lowest BCUT2D eigenvalue weighted by atomic mass is 9.75. The predicted octanol–water partition coefficient (Wildman–Crippen LogP) is 2.88. The molecule has 1 atom stereocenters. The molecule has 1 amide bonds. The Balaban J connectivity index is 1.68. The van der Waals surface area contributed by atoms with Crippen molar-refractivity contribution < 1.29 is 14.3 Å². The largest absolute Gasteiger partial charge is 0.458 e. The number of hydrogen-bond donors (Lipinski definition) is 1. The van der Waals surface area contributed by atoms with Gasteiger partial charge in [-0.3, -0.25) is 9.59 Å². The van der Waals surface area contributed by atoms with Gasteiger partial charge in [0.15, 0.2) is 0 Å². The molecule has 1 saturated carbocycles. The zero-order valence-corrected chi connectivity index (χ0v) is 13.1. The number of nitrogens with one attached hydrogen (secondary N) is 1. The van der Waals surface area contributed by atoms with Gasteiger partial charge in [0.1, 0.15) is 5.60 Å². The minimum Gasteiger partial charge on any atom is -0.458 e. The Bertz CT molecular complexity index is 575. The Hall–Kier alpha value is -1.84. The SMILES string of the molecule is Cc1ccccc1CNC(=O)[C@@H]1CC(=O)OC12CCCCC2. The zero-order valence-electron chi connectivity index (χ0n) is 13.1. The van der Waals surface area contributed by atoms with Gasteiger partial charge in [0, 0.05) is 6.54 Å². The molecule has 1 heterocycles. The van der Waals surface area contributed by atoms with Crippen LogP contribution in [0.1, 0.15) is 49.7 Å². The van der Waals surface area contributed by atoms with Crippen LogP contribution in [0, 0.1) is 12.8 Å². The van der Waals surface area contributed by atoms with E-state index in [0.717, 1.165) is 43.2 Å². The summed E-state index contributed by atoms with van der Waals surface area (Å²) in [5.41, 5.74) is 1.73. The highest BCUT2D eigenvalue weighted by Gasteiger charge is 2.52. The molecule has 1 spiro atoms. The van der Waals surface area contributed by atoms with Crippen molar-refractivity contribution in [3.63, 3.8) is 0 Å². The highest BCUT2D eigenvalue weighted by molar-refractivity contribution is 5.87. The quantitative estimate of drug-likeness (QED) is 0.873. The number of hydrogen-bond acceptors (Lipinski definition) is 3. The van der Waals surface area contributed by atoms with Gasteiger partial charge in [-0.15, -0.1) is 0 Å². The molecule has 2 aliphatic rings. The van der Waals surface area contributed by atoms with Gasteiger partial charge >= 0.3 is 5.97 Å². The van der Waals surface area contributed by atoms with Crippen LogP contribution in [-0.2, 0) is 20.9 Å². The summed E-state index contributed by atoms with van der Waals surface area (Å²) in [4.78, 5) is 24.4. The van der Waals surface area contributed by atoms with E-state index in [2.05, 4.69) is 5.32 Å². The van der Waals surface area contributed by atoms with E-state index >= 15 is 0 Å². The van der Waals surface area contributed by atoms with Crippen LogP contribution in [0.25, 0.3) is 0 Å². The molecular weight excluding hydrogens is 278 g/mol. The monoisotopic (exact) mass is 301 g/mol. The molecule has 0 aromatic heterocycles. The number of carbonyl (C=O) groups is 2. The smallest absolute Gasteiger partial charge is 0.307 e. The number of benzene rings is 1. The first-order chi connectivity index (χ1) is 10.6. The van der Waals surface area contributed by atoms with Crippen molar-refractivity contribution in [2.24, 2.45) is 5.92 Å². The fraction of sp³-hybridized carbons (Fsp3) is 0.556. The van der Waals surface area contributed by atoms with Crippen LogP contribution in [0.5, 0.6) is 0 Å². The van der Waals surface area contributed by atoms with Gasteiger partial charge in [-0.1, -0.05) is 30.7 Å². The summed E-state index contributed by atoms with van der Waals surface area (Å²) in [6.45, 7) is 2.54. The van der Waals surface area contributed by atoms with E-state index in [9.17, 15) is 9.59 Å². The minimum absolute atomic E-state index is 0.0454. The molecule has 0 unspecified atom stereocenters. The maximum Gasteiger partial charge on any atom is 0.307 e. The average molecular weight is 301 g/mol. The summed E-state index contributed by atoms with van der Waals surface area (Å²) in [6.07, 6.45) is 5.10. The highest BCUT2D eigenvalue weighted by Crippen LogP contribution is 2.44. The first kappa shape index (κ1) is 15.1. The Morgan fingerprint density at radius 3 is 2.73 bits per heavy atom. The van der Waals surface area contributed by atoms with Crippen LogP contribution in [0.15, 0.2) is 24.3 Å². The van der Waals surface area contributed by atoms with Crippen LogP contribution in [0.3, 0.4) is 0 Å². The van der Waals surface area contributed by atoms with Crippen LogP contribution < -0.4 is 5.32 Å². The first-order valence-electron chi connectivity index (χ1n) is 8.15. The first-order valence-corrected chi connectivity index (χ1v) is 8.15. The Morgan fingerprint density at radius 1 is 1.27 bits per heavy atom. The second-order valence-corrected chi connectivity index (χ2v) is 6.50. The molecule has 2 fully saturated rings. The third kappa shape index (κ3) is 2.87. The molecule has 1 aliphatic carbocycles. The van der Waals surface area contributed by atoms with E-state index in [-0.39, 0.29) is 24.2 Å². The van der Waals surface area contributed by atoms with E-state index in [4.69, 9.17) is 4.74 Å². The van der Waals surface area contributed by atoms with Crippen molar-refractivity contribution in [1.29, 1.82) is 0 Å². The van der Waals surface area contributed by atoms with Gasteiger partial charge in [-0.25, -0.2) is 0 Å². The third-order valence-electron chi connectivity index (χ3n) is 5.05. The number of amides is 1. The molecule has 1 N–H and O–H groups in total. The van der Waals surface area contributed by atoms with Gasteiger partial charge in [0.05, 0.1) is 12.3 Å². The van der Waals surface area contributed by atoms with Crippen molar-refractivity contribution in [1.82, 2.24) is 5.32 Å². The van der Waals surface area contributed by atoms with E-state index < -0.39 is 5.60 Å². The standard InChI is InChI=1S/C18H23NO3/c1-13-7-3-4-8-14(13)12-19-17(21)15-11-16(20)22-18(15)9-5-2-6-10-18/h3-4,7-8,15H,2,5-6,9-12H2,1H3,(H,19,21)/t15-/m0/s1. The van der Waals surface area contributed by atoms with Crippen molar-refractivity contribution >= 4 is 11.9 Å². The van der Waals surface area contributed by atoms with Gasteiger partial charge in [0.25, 0.3) is 0 Å². The zero-order chi connectivity index (χ0) is 15.6. The Labute approximate surface area is 131 Å². The fourth-order valence-electron chi connectivity index (χ4n) is 3.74. The van der Waals surface area contributed by atoms with Crippen LogP contribution in [0.4, 0.5) is 0 Å². The lowest BCUT2D eigenvalue weighted by Gasteiger charge is -2.36. The minimum atomic E-state index is -0.537. The fourth-order valence-corrected chi connectivity index (χ4v) is 3.74. The van der Waals surface area contributed by atoms with Crippen LogP contribution in [0.2, 0.25) is 0 Å². The topological polar surface area (TPSA) is 55.4 Å². The molecule has 118 valence electrons. The molecule has 22 heavy (non-hydrogen) atoms. The maximum absolute atomic E-state index is 12.6. The molecule has 0 radical (unpaired) electrons. The van der Waals surface area contributed by atoms with Crippen LogP contribution in [-0.4, -0.2) is 17.5 Å². The number of carbonyl (C=O) groups excluding carboxylic acids is 2. The summed E-state index contributed by atoms with van der Waals surface area (Å²) in [6, 6.07) is 8.01. The molecule has 1 aromatic rings. The highest BCUT2D eigenvalue weighted by atomic mass is 16.6. The van der Waals surface area contributed by atoms with Gasteiger partial charge < -0.3 is 10.1 Å². The molecule has 1 aliphatic heterocycles. The van der Waals surface area contributed by atoms with E-state index in [1.807, 2.05) is 31.2 Å². The molecule has 0 bridgehead atoms. The van der Waals surface area contributed by atoms with E-state index in [0.29, 0.717) is 6.54 Å². The van der Waals surface area contributed by atoms with Crippen molar-refractivity contribution in [2.75, 3.05) is 0 Å². The van der Waals surface area contributed by atoms with Gasteiger partial charge in [-0.05, 0) is 43.7 Å². The molecular formula is C18H23NO3. The number of esters is 1. The van der Waals surface area contributed by atoms with Gasteiger partial charge in [-0.2, -0.15) is 0 Å². The van der Waals surface area contributed by atoms with Crippen molar-refractivity contribution in [3.05, 3.63) is 35.4 Å². The second-order valence-electron chi connectivity index (χ2n) is 6.50. The predicted molar refractivity (Wildman–Crippen MR) is 83.0 cm³/mol. The number of aryl methyl sites for hydroxylation is 1.